The molecule has 0 saturated carbocycles. The molecule has 0 aromatic heterocycles. The fourth-order valence-electron chi connectivity index (χ4n) is 4.78. The summed E-state index contributed by atoms with van der Waals surface area (Å²) in [5, 5.41) is 2.46. The Labute approximate surface area is 217 Å². The third kappa shape index (κ3) is 8.33. The summed E-state index contributed by atoms with van der Waals surface area (Å²) in [5.41, 5.74) is 1.56. The van der Waals surface area contributed by atoms with E-state index in [1.807, 2.05) is 42.2 Å². The van der Waals surface area contributed by atoms with Crippen LogP contribution in [0.15, 0.2) is 59.5 Å². The molecule has 0 radical (unpaired) electrons. The molecule has 0 aliphatic carbocycles. The van der Waals surface area contributed by atoms with Gasteiger partial charge in [0.2, 0.25) is 5.91 Å². The van der Waals surface area contributed by atoms with Crippen molar-refractivity contribution >= 4 is 21.7 Å². The maximum Gasteiger partial charge on any atom is 0.315 e. The molecule has 2 aromatic carbocycles. The van der Waals surface area contributed by atoms with Crippen molar-refractivity contribution in [3.8, 4) is 0 Å². The molecule has 1 saturated heterocycles. The lowest BCUT2D eigenvalue weighted by Gasteiger charge is -2.38. The highest BCUT2D eigenvalue weighted by molar-refractivity contribution is 7.90. The Hall–Kier alpha value is -2.85. The lowest BCUT2D eigenvalue weighted by atomic mass is 9.99. The third-order valence-corrected chi connectivity index (χ3v) is 7.94. The van der Waals surface area contributed by atoms with Crippen molar-refractivity contribution in [2.45, 2.75) is 56.0 Å². The van der Waals surface area contributed by atoms with Crippen molar-refractivity contribution in [3.05, 3.63) is 65.7 Å². The summed E-state index contributed by atoms with van der Waals surface area (Å²) >= 11 is 0. The van der Waals surface area contributed by atoms with Gasteiger partial charge in [-0.25, -0.2) is 8.42 Å². The third-order valence-electron chi connectivity index (χ3n) is 6.82. The first kappa shape index (κ1) is 28.7. The monoisotopic (exact) mass is 535 g/mol. The average molecular weight is 536 g/mol. The lowest BCUT2D eigenvalue weighted by Crippen LogP contribution is -2.48. The van der Waals surface area contributed by atoms with Crippen molar-refractivity contribution in [3.63, 3.8) is 0 Å². The van der Waals surface area contributed by atoms with E-state index in [0.29, 0.717) is 19.5 Å². The first-order valence-electron chi connectivity index (χ1n) is 12.5. The Morgan fingerprint density at radius 1 is 1.05 bits per heavy atom. The molecule has 202 valence electrons. The molecule has 7 nitrogen and oxygen atoms in total. The number of hydrogen-bond acceptors (Lipinski definition) is 5. The SMILES string of the molecule is CCN(C(=O)Cc1ccc(S(C)(=O)=O)cc1)C1CCN(CCC(NC(=O)C(F)F)c2ccccc2)CC1. The van der Waals surface area contributed by atoms with Crippen LogP contribution in [0, 0.1) is 0 Å². The number of amides is 2. The number of alkyl halides is 2. The standard InChI is InChI=1S/C27H35F2N3O4S/c1-3-32(25(33)19-20-9-11-23(12-10-20)37(2,35)36)22-13-16-31(17-14-22)18-15-24(30-27(34)26(28)29)21-7-5-4-6-8-21/h4-12,22,24,26H,3,13-19H2,1-2H3,(H,30,34). The van der Waals surface area contributed by atoms with Crippen LogP contribution >= 0.6 is 0 Å². The molecule has 1 heterocycles. The predicted octanol–water partition coefficient (Wildman–Crippen LogP) is 3.46. The van der Waals surface area contributed by atoms with Gasteiger partial charge in [0.15, 0.2) is 9.84 Å². The van der Waals surface area contributed by atoms with Gasteiger partial charge >= 0.3 is 6.43 Å². The van der Waals surface area contributed by atoms with Gasteiger partial charge < -0.3 is 15.1 Å². The van der Waals surface area contributed by atoms with Crippen LogP contribution in [-0.4, -0.2) is 74.9 Å². The maximum atomic E-state index is 13.0. The average Bonchev–Trinajstić information content (AvgIpc) is 2.88. The second-order valence-corrected chi connectivity index (χ2v) is 11.4. The zero-order chi connectivity index (χ0) is 27.0. The molecule has 3 rings (SSSR count). The predicted molar refractivity (Wildman–Crippen MR) is 138 cm³/mol. The van der Waals surface area contributed by atoms with Crippen molar-refractivity contribution in [1.29, 1.82) is 0 Å². The van der Waals surface area contributed by atoms with Crippen LogP contribution in [0.25, 0.3) is 0 Å². The van der Waals surface area contributed by atoms with E-state index in [-0.39, 0.29) is 23.3 Å². The Kier molecular flexibility index (Phi) is 10.2. The van der Waals surface area contributed by atoms with E-state index >= 15 is 0 Å². The number of hydrogen-bond donors (Lipinski definition) is 1. The van der Waals surface area contributed by atoms with Crippen LogP contribution < -0.4 is 5.32 Å². The highest BCUT2D eigenvalue weighted by Crippen LogP contribution is 2.22. The number of likely N-dealkylation sites (tertiary alicyclic amines) is 1. The minimum absolute atomic E-state index is 0.00640. The number of halogens is 2. The lowest BCUT2D eigenvalue weighted by molar-refractivity contribution is -0.133. The Morgan fingerprint density at radius 2 is 1.68 bits per heavy atom. The van der Waals surface area contributed by atoms with Crippen LogP contribution in [0.5, 0.6) is 0 Å². The van der Waals surface area contributed by atoms with Gasteiger partial charge in [-0.2, -0.15) is 8.78 Å². The normalized spacial score (nSPS) is 15.9. The van der Waals surface area contributed by atoms with E-state index in [1.165, 1.54) is 12.1 Å². The summed E-state index contributed by atoms with van der Waals surface area (Å²) in [7, 11) is -3.28. The van der Waals surface area contributed by atoms with E-state index in [0.717, 1.165) is 43.3 Å². The molecule has 1 N–H and O–H groups in total. The maximum absolute atomic E-state index is 13.0. The fourth-order valence-corrected chi connectivity index (χ4v) is 5.41. The Balaban J connectivity index is 1.53. The minimum Gasteiger partial charge on any atom is -0.344 e. The Morgan fingerprint density at radius 3 is 2.22 bits per heavy atom. The van der Waals surface area contributed by atoms with Crippen molar-refractivity contribution in [2.24, 2.45) is 0 Å². The van der Waals surface area contributed by atoms with Gasteiger partial charge in [-0.1, -0.05) is 42.5 Å². The molecule has 1 fully saturated rings. The van der Waals surface area contributed by atoms with Crippen LogP contribution in [-0.2, 0) is 25.8 Å². The summed E-state index contributed by atoms with van der Waals surface area (Å²) < 4.78 is 49.0. The van der Waals surface area contributed by atoms with Crippen molar-refractivity contribution < 1.29 is 26.8 Å². The Bertz CT molecular complexity index is 1140. The summed E-state index contributed by atoms with van der Waals surface area (Å²) in [6.45, 7) is 4.71. The molecule has 1 aliphatic heterocycles. The number of likely N-dealkylation sites (N-methyl/N-ethyl adjacent to an activating group) is 1. The van der Waals surface area contributed by atoms with Crippen LogP contribution in [0.1, 0.15) is 43.4 Å². The van der Waals surface area contributed by atoms with Crippen LogP contribution in [0.3, 0.4) is 0 Å². The number of nitrogens with one attached hydrogen (secondary N) is 1. The van der Waals surface area contributed by atoms with Gasteiger partial charge in [0, 0.05) is 38.5 Å². The first-order chi connectivity index (χ1) is 17.6. The summed E-state index contributed by atoms with van der Waals surface area (Å²) in [6.07, 6.45) is 0.405. The summed E-state index contributed by atoms with van der Waals surface area (Å²) in [5.74, 6) is -1.26. The van der Waals surface area contributed by atoms with E-state index in [4.69, 9.17) is 0 Å². The molecule has 0 spiro atoms. The van der Waals surface area contributed by atoms with Crippen molar-refractivity contribution in [2.75, 3.05) is 32.4 Å². The number of carbonyl (C=O) groups excluding carboxylic acids is 2. The summed E-state index contributed by atoms with van der Waals surface area (Å²) in [4.78, 5) is 29.0. The van der Waals surface area contributed by atoms with Gasteiger partial charge in [0.25, 0.3) is 5.91 Å². The highest BCUT2D eigenvalue weighted by atomic mass is 32.2. The molecule has 1 aliphatic rings. The first-order valence-corrected chi connectivity index (χ1v) is 14.4. The highest BCUT2D eigenvalue weighted by Gasteiger charge is 2.28. The second-order valence-electron chi connectivity index (χ2n) is 9.41. The van der Waals surface area contributed by atoms with E-state index in [2.05, 4.69) is 10.2 Å². The molecule has 2 aromatic rings. The van der Waals surface area contributed by atoms with Gasteiger partial charge in [-0.3, -0.25) is 9.59 Å². The molecule has 37 heavy (non-hydrogen) atoms. The number of carbonyl (C=O) groups is 2. The zero-order valence-corrected chi connectivity index (χ0v) is 22.1. The van der Waals surface area contributed by atoms with E-state index < -0.39 is 28.2 Å². The quantitative estimate of drug-likeness (QED) is 0.476. The molecule has 2 amide bonds. The summed E-state index contributed by atoms with van der Waals surface area (Å²) in [6, 6.07) is 15.1. The van der Waals surface area contributed by atoms with Crippen LogP contribution in [0.2, 0.25) is 0 Å². The van der Waals surface area contributed by atoms with Gasteiger partial charge in [-0.15, -0.1) is 0 Å². The van der Waals surface area contributed by atoms with Gasteiger partial charge in [0.1, 0.15) is 0 Å². The largest absolute Gasteiger partial charge is 0.344 e. The number of piperidine rings is 1. The smallest absolute Gasteiger partial charge is 0.315 e. The molecular weight excluding hydrogens is 500 g/mol. The fraction of sp³-hybridized carbons (Fsp3) is 0.481. The van der Waals surface area contributed by atoms with Crippen LogP contribution in [0.4, 0.5) is 8.78 Å². The zero-order valence-electron chi connectivity index (χ0n) is 21.3. The van der Waals surface area contributed by atoms with Crippen molar-refractivity contribution in [1.82, 2.24) is 15.1 Å². The number of benzene rings is 2. The van der Waals surface area contributed by atoms with Gasteiger partial charge in [0.05, 0.1) is 17.4 Å². The van der Waals surface area contributed by atoms with Gasteiger partial charge in [-0.05, 0) is 49.4 Å². The molecule has 0 bridgehead atoms. The van der Waals surface area contributed by atoms with E-state index in [9.17, 15) is 26.8 Å². The second kappa shape index (κ2) is 13.1. The molecule has 1 unspecified atom stereocenters. The molecule has 1 atom stereocenters. The topological polar surface area (TPSA) is 86.8 Å². The van der Waals surface area contributed by atoms with E-state index in [1.54, 1.807) is 12.1 Å². The molecular formula is C27H35F2N3O4S. The number of sulfone groups is 1. The number of nitrogens with zero attached hydrogens (tertiary/aromatic N) is 2. The minimum atomic E-state index is -3.28. The number of rotatable bonds is 11. The molecule has 10 heteroatoms.